The van der Waals surface area contributed by atoms with E-state index in [0.29, 0.717) is 5.96 Å². The number of hydrogen-bond donors (Lipinski definition) is 2. The summed E-state index contributed by atoms with van der Waals surface area (Å²) in [5, 5.41) is 3.18. The second kappa shape index (κ2) is 10.8. The van der Waals surface area contributed by atoms with Gasteiger partial charge in [-0.2, -0.15) is 0 Å². The van der Waals surface area contributed by atoms with Gasteiger partial charge in [0.15, 0.2) is 5.96 Å². The number of nitrogens with zero attached hydrogens (tertiary/aromatic N) is 2. The predicted octanol–water partition coefficient (Wildman–Crippen LogP) is 2.04. The van der Waals surface area contributed by atoms with E-state index in [4.69, 9.17) is 5.73 Å². The molecule has 0 amide bonds. The Morgan fingerprint density at radius 1 is 1.39 bits per heavy atom. The van der Waals surface area contributed by atoms with Gasteiger partial charge in [0, 0.05) is 19.6 Å². The Balaban J connectivity index is 0.00000289. The Morgan fingerprint density at radius 2 is 2.11 bits per heavy atom. The van der Waals surface area contributed by atoms with Gasteiger partial charge in [-0.05, 0) is 38.8 Å². The lowest BCUT2D eigenvalue weighted by Crippen LogP contribution is -2.38. The van der Waals surface area contributed by atoms with Crippen LogP contribution in [0.15, 0.2) is 4.99 Å². The van der Waals surface area contributed by atoms with E-state index in [1.54, 1.807) is 0 Å². The van der Waals surface area contributed by atoms with E-state index in [1.165, 1.54) is 32.1 Å². The Morgan fingerprint density at radius 3 is 2.67 bits per heavy atom. The molecule has 0 aromatic rings. The van der Waals surface area contributed by atoms with Crippen LogP contribution in [0.2, 0.25) is 0 Å². The van der Waals surface area contributed by atoms with Crippen LogP contribution in [0.1, 0.15) is 39.0 Å². The molecule has 0 aromatic heterocycles. The third-order valence-electron chi connectivity index (χ3n) is 3.44. The molecule has 0 aromatic carbocycles. The lowest BCUT2D eigenvalue weighted by atomic mass is 9.86. The van der Waals surface area contributed by atoms with Gasteiger partial charge in [-0.15, -0.1) is 24.0 Å². The number of guanidine groups is 1. The highest BCUT2D eigenvalue weighted by Gasteiger charge is 2.16. The molecule has 108 valence electrons. The van der Waals surface area contributed by atoms with E-state index in [0.717, 1.165) is 32.1 Å². The number of nitrogens with one attached hydrogen (secondary N) is 1. The largest absolute Gasteiger partial charge is 0.370 e. The van der Waals surface area contributed by atoms with Crippen molar-refractivity contribution in [3.8, 4) is 0 Å². The molecule has 1 rings (SSSR count). The number of unbranched alkanes of at least 4 members (excludes halogenated alkanes) is 1. The third-order valence-corrected chi connectivity index (χ3v) is 3.44. The fourth-order valence-corrected chi connectivity index (χ4v) is 1.87. The molecule has 0 atom stereocenters. The lowest BCUT2D eigenvalue weighted by Gasteiger charge is -2.23. The van der Waals surface area contributed by atoms with Crippen molar-refractivity contribution in [1.29, 1.82) is 0 Å². The Hall–Kier alpha value is -0.0400. The standard InChI is InChI=1S/C13H28N4.HI/c1-3-4-9-17(2)10-8-15-13(14)16-11-12-6-5-7-12;/h12H,3-11H2,1-2H3,(H3,14,15,16);1H. The molecule has 5 heteroatoms. The van der Waals surface area contributed by atoms with Crippen molar-refractivity contribution in [2.75, 3.05) is 33.2 Å². The van der Waals surface area contributed by atoms with Gasteiger partial charge in [0.2, 0.25) is 0 Å². The van der Waals surface area contributed by atoms with Crippen molar-refractivity contribution in [1.82, 2.24) is 10.2 Å². The molecule has 0 unspecified atom stereocenters. The number of aliphatic imine (C=N–C) groups is 1. The molecule has 0 bridgehead atoms. The average Bonchev–Trinajstić information content (AvgIpc) is 2.24. The van der Waals surface area contributed by atoms with Crippen molar-refractivity contribution < 1.29 is 0 Å². The van der Waals surface area contributed by atoms with Crippen molar-refractivity contribution in [3.05, 3.63) is 0 Å². The van der Waals surface area contributed by atoms with Gasteiger partial charge in [-0.25, -0.2) is 0 Å². The smallest absolute Gasteiger partial charge is 0.188 e. The maximum Gasteiger partial charge on any atom is 0.188 e. The molecule has 1 fully saturated rings. The second-order valence-electron chi connectivity index (χ2n) is 5.11. The van der Waals surface area contributed by atoms with Crippen LogP contribution in [0.3, 0.4) is 0 Å². The summed E-state index contributed by atoms with van der Waals surface area (Å²) in [4.78, 5) is 6.70. The number of hydrogen-bond acceptors (Lipinski definition) is 2. The van der Waals surface area contributed by atoms with Crippen LogP contribution in [0.25, 0.3) is 0 Å². The van der Waals surface area contributed by atoms with E-state index in [-0.39, 0.29) is 24.0 Å². The fourth-order valence-electron chi connectivity index (χ4n) is 1.87. The number of nitrogens with two attached hydrogens (primary N) is 1. The monoisotopic (exact) mass is 368 g/mol. The minimum atomic E-state index is 0. The highest BCUT2D eigenvalue weighted by Crippen LogP contribution is 2.26. The molecular formula is C13H29IN4. The van der Waals surface area contributed by atoms with Gasteiger partial charge in [0.1, 0.15) is 0 Å². The van der Waals surface area contributed by atoms with Crippen LogP contribution >= 0.6 is 24.0 Å². The normalized spacial score (nSPS) is 16.3. The highest BCUT2D eigenvalue weighted by atomic mass is 127. The fraction of sp³-hybridized carbons (Fsp3) is 0.923. The van der Waals surface area contributed by atoms with Gasteiger partial charge in [0.05, 0.1) is 0 Å². The van der Waals surface area contributed by atoms with Crippen molar-refractivity contribution in [3.63, 3.8) is 0 Å². The summed E-state index contributed by atoms with van der Waals surface area (Å²) < 4.78 is 0. The van der Waals surface area contributed by atoms with Crippen LogP contribution < -0.4 is 11.1 Å². The van der Waals surface area contributed by atoms with Crippen molar-refractivity contribution >= 4 is 29.9 Å². The molecular weight excluding hydrogens is 339 g/mol. The van der Waals surface area contributed by atoms with E-state index in [9.17, 15) is 0 Å². The van der Waals surface area contributed by atoms with Crippen molar-refractivity contribution in [2.24, 2.45) is 16.6 Å². The lowest BCUT2D eigenvalue weighted by molar-refractivity contribution is 0.324. The molecule has 1 saturated carbocycles. The van der Waals surface area contributed by atoms with Crippen molar-refractivity contribution in [2.45, 2.75) is 39.0 Å². The average molecular weight is 368 g/mol. The van der Waals surface area contributed by atoms with Crippen LogP contribution in [0, 0.1) is 5.92 Å². The third kappa shape index (κ3) is 8.13. The molecule has 0 spiro atoms. The zero-order valence-corrected chi connectivity index (χ0v) is 14.2. The summed E-state index contributed by atoms with van der Waals surface area (Å²) in [6.07, 6.45) is 6.55. The second-order valence-corrected chi connectivity index (χ2v) is 5.11. The first-order valence-electron chi connectivity index (χ1n) is 6.94. The zero-order chi connectivity index (χ0) is 12.5. The molecule has 0 heterocycles. The summed E-state index contributed by atoms with van der Waals surface area (Å²) in [7, 11) is 2.15. The number of rotatable bonds is 8. The first kappa shape index (κ1) is 18.0. The predicted molar refractivity (Wildman–Crippen MR) is 89.7 cm³/mol. The van der Waals surface area contributed by atoms with Crippen LogP contribution in [-0.2, 0) is 0 Å². The maximum absolute atomic E-state index is 5.81. The molecule has 1 aliphatic carbocycles. The van der Waals surface area contributed by atoms with Crippen LogP contribution in [0.4, 0.5) is 0 Å². The summed E-state index contributed by atoms with van der Waals surface area (Å²) >= 11 is 0. The number of likely N-dealkylation sites (N-methyl/N-ethyl adjacent to an activating group) is 1. The summed E-state index contributed by atoms with van der Waals surface area (Å²) in [6.45, 7) is 6.21. The Kier molecular flexibility index (Phi) is 10.8. The first-order chi connectivity index (χ1) is 8.22. The molecule has 0 aliphatic heterocycles. The highest BCUT2D eigenvalue weighted by molar-refractivity contribution is 14.0. The number of halogens is 1. The Labute approximate surface area is 129 Å². The maximum atomic E-state index is 5.81. The Bertz CT molecular complexity index is 229. The van der Waals surface area contributed by atoms with Crippen LogP contribution in [-0.4, -0.2) is 44.1 Å². The molecule has 18 heavy (non-hydrogen) atoms. The zero-order valence-electron chi connectivity index (χ0n) is 11.8. The summed E-state index contributed by atoms with van der Waals surface area (Å²) in [5.41, 5.74) is 5.81. The topological polar surface area (TPSA) is 53.6 Å². The molecule has 4 nitrogen and oxygen atoms in total. The molecule has 0 saturated heterocycles. The summed E-state index contributed by atoms with van der Waals surface area (Å²) in [5.74, 6) is 1.41. The quantitative estimate of drug-likeness (QED) is 0.392. The molecule has 0 radical (unpaired) electrons. The van der Waals surface area contributed by atoms with Gasteiger partial charge < -0.3 is 16.0 Å². The minimum absolute atomic E-state index is 0. The SMILES string of the molecule is CCCCN(C)CCNC(N)=NCC1CCC1.I. The first-order valence-corrected chi connectivity index (χ1v) is 6.94. The molecule has 1 aliphatic rings. The van der Waals surface area contributed by atoms with Gasteiger partial charge in [-0.3, -0.25) is 4.99 Å². The van der Waals surface area contributed by atoms with E-state index in [1.807, 2.05) is 0 Å². The minimum Gasteiger partial charge on any atom is -0.370 e. The van der Waals surface area contributed by atoms with Gasteiger partial charge in [-0.1, -0.05) is 19.8 Å². The van der Waals surface area contributed by atoms with Gasteiger partial charge >= 0.3 is 0 Å². The molecule has 3 N–H and O–H groups in total. The van der Waals surface area contributed by atoms with E-state index in [2.05, 4.69) is 29.2 Å². The van der Waals surface area contributed by atoms with Gasteiger partial charge in [0.25, 0.3) is 0 Å². The summed E-state index contributed by atoms with van der Waals surface area (Å²) in [6, 6.07) is 0. The van der Waals surface area contributed by atoms with Crippen LogP contribution in [0.5, 0.6) is 0 Å². The van der Waals surface area contributed by atoms with E-state index >= 15 is 0 Å². The van der Waals surface area contributed by atoms with E-state index < -0.39 is 0 Å².